The molecule has 1 aromatic rings. The van der Waals surface area contributed by atoms with E-state index in [0.717, 1.165) is 11.1 Å². The van der Waals surface area contributed by atoms with Crippen LogP contribution >= 0.6 is 0 Å². The van der Waals surface area contributed by atoms with Crippen LogP contribution in [0, 0.1) is 18.3 Å². The van der Waals surface area contributed by atoms with E-state index in [1.807, 2.05) is 19.1 Å². The Morgan fingerprint density at radius 1 is 1.15 bits per heavy atom. The second kappa shape index (κ2) is 8.29. The Hall–Kier alpha value is -1.75. The fourth-order valence-electron chi connectivity index (χ4n) is 2.49. The maximum absolute atomic E-state index is 9.02. The maximum Gasteiger partial charge on any atom is 0.250 e. The van der Waals surface area contributed by atoms with Crippen LogP contribution in [0.1, 0.15) is 31.9 Å². The van der Waals surface area contributed by atoms with Gasteiger partial charge in [-0.15, -0.1) is 0 Å². The van der Waals surface area contributed by atoms with E-state index >= 15 is 0 Å². The van der Waals surface area contributed by atoms with E-state index in [-0.39, 0.29) is 5.04 Å². The van der Waals surface area contributed by atoms with Gasteiger partial charge in [-0.3, -0.25) is 0 Å². The molecule has 1 aromatic carbocycles. The van der Waals surface area contributed by atoms with E-state index in [2.05, 4.69) is 33.9 Å². The van der Waals surface area contributed by atoms with Gasteiger partial charge in [-0.1, -0.05) is 20.8 Å². The Balaban J connectivity index is 3.45. The first-order chi connectivity index (χ1) is 11.9. The van der Waals surface area contributed by atoms with Crippen molar-refractivity contribution in [3.8, 4) is 23.3 Å². The van der Waals surface area contributed by atoms with E-state index in [0.29, 0.717) is 23.7 Å². The molecule has 1 rings (SSSR count). The molecule has 0 bridgehead atoms. The summed E-state index contributed by atoms with van der Waals surface area (Å²) in [4.78, 5) is 0. The number of hydrogen-bond donors (Lipinski definition) is 2. The first kappa shape index (κ1) is 22.3. The van der Waals surface area contributed by atoms with Gasteiger partial charge in [-0.2, -0.15) is 5.26 Å². The van der Waals surface area contributed by atoms with Crippen LogP contribution in [0.5, 0.6) is 17.2 Å². The lowest BCUT2D eigenvalue weighted by Gasteiger charge is -2.37. The number of nitrogens with zero attached hydrogens (tertiary/aromatic N) is 1. The number of methoxy groups -OCH3 is 2. The molecule has 0 aliphatic carbocycles. The summed E-state index contributed by atoms with van der Waals surface area (Å²) in [6, 6.07) is 2.67. The predicted molar refractivity (Wildman–Crippen MR) is 107 cm³/mol. The summed E-state index contributed by atoms with van der Waals surface area (Å²) in [7, 11) is 1.16. The van der Waals surface area contributed by atoms with Crippen molar-refractivity contribution in [2.75, 3.05) is 14.2 Å². The van der Waals surface area contributed by atoms with Crippen molar-refractivity contribution >= 4 is 8.32 Å². The van der Waals surface area contributed by atoms with Crippen molar-refractivity contribution in [1.82, 2.24) is 0 Å². The van der Waals surface area contributed by atoms with Gasteiger partial charge in [0.05, 0.1) is 20.3 Å². The zero-order valence-electron chi connectivity index (χ0n) is 17.3. The van der Waals surface area contributed by atoms with Gasteiger partial charge in [-0.05, 0) is 43.1 Å². The summed E-state index contributed by atoms with van der Waals surface area (Å²) in [6.07, 6.45) is 0.413. The first-order valence-corrected chi connectivity index (χ1v) is 11.6. The fraction of sp³-hybridized carbons (Fsp3) is 0.632. The molecule has 1 unspecified atom stereocenters. The highest BCUT2D eigenvalue weighted by Crippen LogP contribution is 2.44. The third kappa shape index (κ3) is 4.70. The lowest BCUT2D eigenvalue weighted by Crippen LogP contribution is -2.44. The van der Waals surface area contributed by atoms with E-state index in [9.17, 15) is 0 Å². The van der Waals surface area contributed by atoms with Crippen molar-refractivity contribution < 1.29 is 13.9 Å². The molecule has 0 fully saturated rings. The molecular formula is C19H33N3O3Si. The molecule has 0 spiro atoms. The van der Waals surface area contributed by atoms with Crippen LogP contribution in [-0.4, -0.2) is 34.6 Å². The van der Waals surface area contributed by atoms with Crippen molar-refractivity contribution in [2.24, 2.45) is 11.5 Å². The SMILES string of the molecule is COc1c(C[C@H](N)C(N)C#N)cc(O[Si](C)(C)C(C)(C)C)c(OC)c1C. The lowest BCUT2D eigenvalue weighted by molar-refractivity contribution is 0.366. The number of nitrogens with two attached hydrogens (primary N) is 2. The zero-order valence-corrected chi connectivity index (χ0v) is 18.3. The van der Waals surface area contributed by atoms with Gasteiger partial charge >= 0.3 is 0 Å². The highest BCUT2D eigenvalue weighted by molar-refractivity contribution is 6.74. The van der Waals surface area contributed by atoms with E-state index in [4.69, 9.17) is 30.6 Å². The zero-order chi connectivity index (χ0) is 20.3. The highest BCUT2D eigenvalue weighted by atomic mass is 28.4. The first-order valence-electron chi connectivity index (χ1n) is 8.73. The molecule has 0 heterocycles. The van der Waals surface area contributed by atoms with Crippen molar-refractivity contribution in [1.29, 1.82) is 5.26 Å². The standard InChI is InChI=1S/C19H33N3O3Si/c1-12-17(23-5)13(9-14(21)15(22)11-20)10-16(18(12)24-6)25-26(7,8)19(2,3)4/h10,14-15H,9,21-22H2,1-8H3/t14-,15?/m0/s1. The predicted octanol–water partition coefficient (Wildman–Crippen LogP) is 3.12. The average molecular weight is 380 g/mol. The van der Waals surface area contributed by atoms with E-state index in [1.54, 1.807) is 14.2 Å². The van der Waals surface area contributed by atoms with Crippen LogP contribution in [0.4, 0.5) is 0 Å². The molecule has 0 aliphatic heterocycles. The minimum absolute atomic E-state index is 0.0472. The van der Waals surface area contributed by atoms with Crippen LogP contribution in [0.25, 0.3) is 0 Å². The Morgan fingerprint density at radius 3 is 2.12 bits per heavy atom. The van der Waals surface area contributed by atoms with Crippen LogP contribution < -0.4 is 25.4 Å². The van der Waals surface area contributed by atoms with Gasteiger partial charge in [0.2, 0.25) is 0 Å². The Kier molecular flexibility index (Phi) is 7.11. The molecule has 7 heteroatoms. The van der Waals surface area contributed by atoms with Crippen LogP contribution in [0.2, 0.25) is 18.1 Å². The number of nitriles is 1. The fourth-order valence-corrected chi connectivity index (χ4v) is 3.50. The van der Waals surface area contributed by atoms with Crippen molar-refractivity contribution in [3.63, 3.8) is 0 Å². The molecule has 146 valence electrons. The number of ether oxygens (including phenoxy) is 2. The van der Waals surface area contributed by atoms with Gasteiger partial charge < -0.3 is 25.4 Å². The number of benzene rings is 1. The molecule has 2 atom stereocenters. The smallest absolute Gasteiger partial charge is 0.250 e. The minimum atomic E-state index is -2.06. The molecule has 0 aromatic heterocycles. The second-order valence-electron chi connectivity index (χ2n) is 8.11. The normalized spacial score (nSPS) is 14.3. The molecule has 0 radical (unpaired) electrons. The molecule has 4 N–H and O–H groups in total. The van der Waals surface area contributed by atoms with Gasteiger partial charge in [0.25, 0.3) is 8.32 Å². The third-order valence-corrected chi connectivity index (χ3v) is 9.49. The van der Waals surface area contributed by atoms with Crippen molar-refractivity contribution in [3.05, 3.63) is 17.2 Å². The number of rotatable bonds is 7. The van der Waals surface area contributed by atoms with Crippen LogP contribution in [-0.2, 0) is 6.42 Å². The summed E-state index contributed by atoms with van der Waals surface area (Å²) in [6.45, 7) is 12.8. The number of hydrogen-bond acceptors (Lipinski definition) is 6. The molecule has 0 amide bonds. The molecule has 0 aliphatic rings. The third-order valence-electron chi connectivity index (χ3n) is 5.15. The van der Waals surface area contributed by atoms with Gasteiger partial charge in [-0.25, -0.2) is 0 Å². The molecule has 0 saturated carbocycles. The Bertz CT molecular complexity index is 678. The lowest BCUT2D eigenvalue weighted by atomic mass is 9.98. The van der Waals surface area contributed by atoms with Gasteiger partial charge in [0.15, 0.2) is 5.75 Å². The van der Waals surface area contributed by atoms with Crippen LogP contribution in [0.3, 0.4) is 0 Å². The summed E-state index contributed by atoms with van der Waals surface area (Å²) in [5.41, 5.74) is 13.6. The molecular weight excluding hydrogens is 346 g/mol. The van der Waals surface area contributed by atoms with E-state index in [1.165, 1.54) is 0 Å². The average Bonchev–Trinajstić information content (AvgIpc) is 2.53. The van der Waals surface area contributed by atoms with E-state index < -0.39 is 20.4 Å². The highest BCUT2D eigenvalue weighted by Gasteiger charge is 2.40. The summed E-state index contributed by atoms with van der Waals surface area (Å²) >= 11 is 0. The maximum atomic E-state index is 9.02. The second-order valence-corrected chi connectivity index (χ2v) is 12.8. The molecule has 6 nitrogen and oxygen atoms in total. The molecule has 26 heavy (non-hydrogen) atoms. The molecule has 0 saturated heterocycles. The Morgan fingerprint density at radius 2 is 1.69 bits per heavy atom. The topological polar surface area (TPSA) is 104 Å². The summed E-state index contributed by atoms with van der Waals surface area (Å²) < 4.78 is 17.7. The van der Waals surface area contributed by atoms with Crippen molar-refractivity contribution in [2.45, 2.75) is 64.3 Å². The summed E-state index contributed by atoms with van der Waals surface area (Å²) in [5, 5.41) is 9.07. The van der Waals surface area contributed by atoms with Crippen LogP contribution in [0.15, 0.2) is 6.07 Å². The largest absolute Gasteiger partial charge is 0.541 e. The minimum Gasteiger partial charge on any atom is -0.541 e. The monoisotopic (exact) mass is 379 g/mol. The summed E-state index contributed by atoms with van der Waals surface area (Å²) in [5.74, 6) is 2.03. The van der Waals surface area contributed by atoms with Gasteiger partial charge in [0.1, 0.15) is 17.5 Å². The van der Waals surface area contributed by atoms with Gasteiger partial charge in [0, 0.05) is 11.6 Å². The Labute approximate surface area is 158 Å². The quantitative estimate of drug-likeness (QED) is 0.706.